The van der Waals surface area contributed by atoms with E-state index < -0.39 is 11.5 Å². The fourth-order valence-electron chi connectivity index (χ4n) is 2.75. The number of pyridine rings is 1. The van der Waals surface area contributed by atoms with Crippen LogP contribution in [0.25, 0.3) is 0 Å². The zero-order valence-electron chi connectivity index (χ0n) is 11.5. The average Bonchev–Trinajstić information content (AvgIpc) is 2.85. The fraction of sp³-hybridized carbons (Fsp3) is 0.500. The van der Waals surface area contributed by atoms with Crippen LogP contribution in [0.1, 0.15) is 42.6 Å². The van der Waals surface area contributed by atoms with Crippen LogP contribution in [-0.4, -0.2) is 34.6 Å². The van der Waals surface area contributed by atoms with E-state index in [1.54, 1.807) is 25.4 Å². The standard InChI is InChI=1S/C14H19N3O3/c1-15-13(20)11-8-10(4-7-16-11)17-14(9-12(18)19)5-2-3-6-14/h4,7-8H,2-3,5-6,9H2,1H3,(H,15,20)(H,16,17)(H,18,19). The van der Waals surface area contributed by atoms with Crippen LogP contribution in [0.5, 0.6) is 0 Å². The predicted octanol–water partition coefficient (Wildman–Crippen LogP) is 1.64. The Kier molecular flexibility index (Phi) is 4.22. The van der Waals surface area contributed by atoms with Crippen LogP contribution in [0.15, 0.2) is 18.3 Å². The van der Waals surface area contributed by atoms with Crippen molar-refractivity contribution in [3.8, 4) is 0 Å². The Balaban J connectivity index is 2.18. The van der Waals surface area contributed by atoms with Gasteiger partial charge in [0.25, 0.3) is 5.91 Å². The summed E-state index contributed by atoms with van der Waals surface area (Å²) in [5, 5.41) is 14.9. The molecule has 1 aliphatic carbocycles. The summed E-state index contributed by atoms with van der Waals surface area (Å²) < 4.78 is 0. The molecule has 0 spiro atoms. The van der Waals surface area contributed by atoms with Gasteiger partial charge in [-0.25, -0.2) is 0 Å². The Morgan fingerprint density at radius 3 is 2.70 bits per heavy atom. The molecule has 1 aliphatic rings. The minimum absolute atomic E-state index is 0.0879. The number of carboxylic acids is 1. The van der Waals surface area contributed by atoms with Crippen molar-refractivity contribution in [2.75, 3.05) is 12.4 Å². The minimum Gasteiger partial charge on any atom is -0.481 e. The van der Waals surface area contributed by atoms with Crippen LogP contribution in [-0.2, 0) is 4.79 Å². The SMILES string of the molecule is CNC(=O)c1cc(NC2(CC(=O)O)CCCC2)ccn1. The first kappa shape index (κ1) is 14.3. The fourth-order valence-corrected chi connectivity index (χ4v) is 2.75. The number of amides is 1. The third-order valence-electron chi connectivity index (χ3n) is 3.68. The number of nitrogens with zero attached hydrogens (tertiary/aromatic N) is 1. The van der Waals surface area contributed by atoms with Gasteiger partial charge in [-0.2, -0.15) is 0 Å². The van der Waals surface area contributed by atoms with E-state index in [9.17, 15) is 9.59 Å². The Bertz CT molecular complexity index is 510. The van der Waals surface area contributed by atoms with Crippen LogP contribution >= 0.6 is 0 Å². The van der Waals surface area contributed by atoms with Crippen molar-refractivity contribution in [2.45, 2.75) is 37.6 Å². The summed E-state index contributed by atoms with van der Waals surface area (Å²) in [4.78, 5) is 26.6. The highest BCUT2D eigenvalue weighted by atomic mass is 16.4. The quantitative estimate of drug-likeness (QED) is 0.761. The van der Waals surface area contributed by atoms with Crippen molar-refractivity contribution in [1.82, 2.24) is 10.3 Å². The second-order valence-electron chi connectivity index (χ2n) is 5.19. The van der Waals surface area contributed by atoms with Crippen LogP contribution in [0, 0.1) is 0 Å². The lowest BCUT2D eigenvalue weighted by molar-refractivity contribution is -0.138. The number of anilines is 1. The van der Waals surface area contributed by atoms with Gasteiger partial charge in [0.1, 0.15) is 5.69 Å². The molecule has 1 aromatic heterocycles. The largest absolute Gasteiger partial charge is 0.481 e. The summed E-state index contributed by atoms with van der Waals surface area (Å²) in [7, 11) is 1.55. The first-order valence-electron chi connectivity index (χ1n) is 6.73. The molecule has 1 fully saturated rings. The summed E-state index contributed by atoms with van der Waals surface area (Å²) in [6.45, 7) is 0. The molecule has 0 radical (unpaired) electrons. The maximum atomic E-state index is 11.6. The van der Waals surface area contributed by atoms with Crippen LogP contribution in [0.3, 0.4) is 0 Å². The van der Waals surface area contributed by atoms with Crippen LogP contribution in [0.2, 0.25) is 0 Å². The van der Waals surface area contributed by atoms with Gasteiger partial charge in [-0.15, -0.1) is 0 Å². The molecular formula is C14H19N3O3. The predicted molar refractivity (Wildman–Crippen MR) is 74.7 cm³/mol. The molecule has 6 nitrogen and oxygen atoms in total. The lowest BCUT2D eigenvalue weighted by atomic mass is 9.93. The van der Waals surface area contributed by atoms with Crippen molar-refractivity contribution in [3.05, 3.63) is 24.0 Å². The van der Waals surface area contributed by atoms with Gasteiger partial charge in [0, 0.05) is 24.5 Å². The van der Waals surface area contributed by atoms with Crippen molar-refractivity contribution in [2.24, 2.45) is 0 Å². The molecule has 0 unspecified atom stereocenters. The number of carboxylic acid groups (broad SMARTS) is 1. The van der Waals surface area contributed by atoms with Gasteiger partial charge in [-0.05, 0) is 25.0 Å². The molecule has 20 heavy (non-hydrogen) atoms. The highest BCUT2D eigenvalue weighted by Crippen LogP contribution is 2.35. The first-order chi connectivity index (χ1) is 9.54. The lowest BCUT2D eigenvalue weighted by Gasteiger charge is -2.30. The zero-order valence-corrected chi connectivity index (χ0v) is 11.5. The minimum atomic E-state index is -0.806. The van der Waals surface area contributed by atoms with E-state index in [0.29, 0.717) is 5.69 Å². The molecule has 1 heterocycles. The zero-order chi connectivity index (χ0) is 14.6. The molecule has 1 amide bonds. The van der Waals surface area contributed by atoms with Crippen LogP contribution in [0.4, 0.5) is 5.69 Å². The third kappa shape index (κ3) is 3.26. The molecule has 1 aromatic rings. The summed E-state index contributed by atoms with van der Waals surface area (Å²) >= 11 is 0. The summed E-state index contributed by atoms with van der Waals surface area (Å²) in [6, 6.07) is 3.41. The van der Waals surface area contributed by atoms with Crippen molar-refractivity contribution >= 4 is 17.6 Å². The number of hydrogen-bond acceptors (Lipinski definition) is 4. The number of aliphatic carboxylic acids is 1. The summed E-state index contributed by atoms with van der Waals surface area (Å²) in [5.74, 6) is -1.06. The molecule has 1 saturated carbocycles. The second-order valence-corrected chi connectivity index (χ2v) is 5.19. The summed E-state index contributed by atoms with van der Waals surface area (Å²) in [6.07, 6.45) is 5.34. The van der Waals surface area contributed by atoms with Crippen molar-refractivity contribution in [1.29, 1.82) is 0 Å². The van der Waals surface area contributed by atoms with Gasteiger partial charge in [0.15, 0.2) is 0 Å². The van der Waals surface area contributed by atoms with Crippen LogP contribution < -0.4 is 10.6 Å². The van der Waals surface area contributed by atoms with E-state index in [-0.39, 0.29) is 12.3 Å². The Hall–Kier alpha value is -2.11. The Morgan fingerprint density at radius 2 is 2.10 bits per heavy atom. The number of hydrogen-bond donors (Lipinski definition) is 3. The highest BCUT2D eigenvalue weighted by molar-refractivity contribution is 5.92. The highest BCUT2D eigenvalue weighted by Gasteiger charge is 2.36. The molecule has 0 bridgehead atoms. The second kappa shape index (κ2) is 5.90. The van der Waals surface area contributed by atoms with Gasteiger partial charge >= 0.3 is 5.97 Å². The number of aromatic nitrogens is 1. The normalized spacial score (nSPS) is 16.6. The molecular weight excluding hydrogens is 258 g/mol. The van der Waals surface area contributed by atoms with Gasteiger partial charge in [-0.3, -0.25) is 14.6 Å². The first-order valence-corrected chi connectivity index (χ1v) is 6.73. The number of carbonyl (C=O) groups excluding carboxylic acids is 1. The maximum Gasteiger partial charge on any atom is 0.305 e. The molecule has 6 heteroatoms. The topological polar surface area (TPSA) is 91.3 Å². The smallest absolute Gasteiger partial charge is 0.305 e. The van der Waals surface area contributed by atoms with Gasteiger partial charge in [-0.1, -0.05) is 12.8 Å². The van der Waals surface area contributed by atoms with E-state index in [4.69, 9.17) is 5.11 Å². The van der Waals surface area contributed by atoms with E-state index >= 15 is 0 Å². The number of nitrogens with one attached hydrogen (secondary N) is 2. The molecule has 0 saturated heterocycles. The van der Waals surface area contributed by atoms with Gasteiger partial charge in [0.2, 0.25) is 0 Å². The number of rotatable bonds is 5. The Labute approximate surface area is 117 Å². The molecule has 0 aliphatic heterocycles. The number of carbonyl (C=O) groups is 2. The third-order valence-corrected chi connectivity index (χ3v) is 3.68. The van der Waals surface area contributed by atoms with Gasteiger partial charge < -0.3 is 15.7 Å². The van der Waals surface area contributed by atoms with E-state index in [1.807, 2.05) is 0 Å². The van der Waals surface area contributed by atoms with E-state index in [1.165, 1.54) is 0 Å². The summed E-state index contributed by atoms with van der Waals surface area (Å²) in [5.41, 5.74) is 0.648. The van der Waals surface area contributed by atoms with Crippen molar-refractivity contribution in [3.63, 3.8) is 0 Å². The molecule has 0 aromatic carbocycles. The molecule has 0 atom stereocenters. The molecule has 108 valence electrons. The molecule has 3 N–H and O–H groups in total. The van der Waals surface area contributed by atoms with E-state index in [2.05, 4.69) is 15.6 Å². The maximum absolute atomic E-state index is 11.6. The van der Waals surface area contributed by atoms with Crippen molar-refractivity contribution < 1.29 is 14.7 Å². The lowest BCUT2D eigenvalue weighted by Crippen LogP contribution is -2.37. The van der Waals surface area contributed by atoms with E-state index in [0.717, 1.165) is 31.4 Å². The average molecular weight is 277 g/mol. The monoisotopic (exact) mass is 277 g/mol. The molecule has 2 rings (SSSR count). The van der Waals surface area contributed by atoms with Gasteiger partial charge in [0.05, 0.1) is 6.42 Å². The Morgan fingerprint density at radius 1 is 1.40 bits per heavy atom.